The summed E-state index contributed by atoms with van der Waals surface area (Å²) in [4.78, 5) is 12.4. The van der Waals surface area contributed by atoms with Crippen molar-refractivity contribution in [3.8, 4) is 0 Å². The van der Waals surface area contributed by atoms with E-state index in [1.54, 1.807) is 16.8 Å². The number of tetrazole rings is 1. The Morgan fingerprint density at radius 1 is 1.38 bits per heavy atom. The van der Waals surface area contributed by atoms with E-state index in [1.807, 2.05) is 26.0 Å². The molecule has 1 aromatic carbocycles. The molecule has 0 unspecified atom stereocenters. The number of aromatic nitrogens is 4. The van der Waals surface area contributed by atoms with Gasteiger partial charge in [-0.3, -0.25) is 4.79 Å². The normalized spacial score (nSPS) is 20.2. The summed E-state index contributed by atoms with van der Waals surface area (Å²) in [6.07, 6.45) is -0.0824. The van der Waals surface area contributed by atoms with Crippen molar-refractivity contribution in [2.75, 3.05) is 19.8 Å². The highest BCUT2D eigenvalue weighted by Crippen LogP contribution is 2.12. The van der Waals surface area contributed by atoms with Gasteiger partial charge >= 0.3 is 0 Å². The predicted molar refractivity (Wildman–Crippen MR) is 85.6 cm³/mol. The first kappa shape index (κ1) is 16.5. The number of rotatable bonds is 6. The number of hydrogen-bond acceptors (Lipinski definition) is 6. The van der Waals surface area contributed by atoms with Gasteiger partial charge < -0.3 is 14.8 Å². The fourth-order valence-corrected chi connectivity index (χ4v) is 2.63. The second kappa shape index (κ2) is 7.50. The largest absolute Gasteiger partial charge is 0.376 e. The molecule has 2 atom stereocenters. The number of benzene rings is 1. The van der Waals surface area contributed by atoms with Gasteiger partial charge in [0.25, 0.3) is 5.91 Å². The molecule has 1 aliphatic rings. The van der Waals surface area contributed by atoms with Crippen LogP contribution in [0.25, 0.3) is 0 Å². The quantitative estimate of drug-likeness (QED) is 0.832. The first-order valence-electron chi connectivity index (χ1n) is 7.99. The Labute approximate surface area is 140 Å². The van der Waals surface area contributed by atoms with E-state index in [-0.39, 0.29) is 18.1 Å². The highest BCUT2D eigenvalue weighted by Gasteiger charge is 2.30. The van der Waals surface area contributed by atoms with E-state index in [1.165, 1.54) is 0 Å². The molecule has 3 rings (SSSR count). The van der Waals surface area contributed by atoms with Crippen LogP contribution in [0.4, 0.5) is 0 Å². The van der Waals surface area contributed by atoms with Crippen molar-refractivity contribution in [3.63, 3.8) is 0 Å². The number of carbonyl (C=O) groups excluding carboxylic acids is 1. The summed E-state index contributed by atoms with van der Waals surface area (Å²) in [6, 6.07) is 7.30. The fraction of sp³-hybridized carbons (Fsp3) is 0.500. The van der Waals surface area contributed by atoms with E-state index in [0.29, 0.717) is 31.9 Å². The lowest BCUT2D eigenvalue weighted by Crippen LogP contribution is -2.43. The molecule has 8 nitrogen and oxygen atoms in total. The predicted octanol–water partition coefficient (Wildman–Crippen LogP) is 0.564. The SMILES string of the molecule is CCO[C@@H]1COC[C@H]1NC(=O)c1ccc(Cn2nnnc2C)cc1. The Kier molecular flexibility index (Phi) is 5.17. The zero-order valence-corrected chi connectivity index (χ0v) is 13.8. The Balaban J connectivity index is 1.60. The molecule has 0 saturated carbocycles. The van der Waals surface area contributed by atoms with Crippen molar-refractivity contribution in [1.29, 1.82) is 0 Å². The topological polar surface area (TPSA) is 91.2 Å². The lowest BCUT2D eigenvalue weighted by molar-refractivity contribution is 0.0402. The summed E-state index contributed by atoms with van der Waals surface area (Å²) in [5.74, 6) is 0.625. The highest BCUT2D eigenvalue weighted by molar-refractivity contribution is 5.94. The van der Waals surface area contributed by atoms with E-state index in [4.69, 9.17) is 9.47 Å². The van der Waals surface area contributed by atoms with Crippen molar-refractivity contribution in [2.24, 2.45) is 0 Å². The number of ether oxygens (including phenoxy) is 2. The molecule has 0 aliphatic carbocycles. The molecule has 1 aliphatic heterocycles. The number of aryl methyl sites for hydroxylation is 1. The average molecular weight is 331 g/mol. The van der Waals surface area contributed by atoms with Crippen LogP contribution in [0.5, 0.6) is 0 Å². The van der Waals surface area contributed by atoms with Gasteiger partial charge in [-0.05, 0) is 42.0 Å². The van der Waals surface area contributed by atoms with E-state index in [0.717, 1.165) is 11.4 Å². The molecule has 0 spiro atoms. The monoisotopic (exact) mass is 331 g/mol. The third-order valence-corrected chi connectivity index (χ3v) is 3.98. The summed E-state index contributed by atoms with van der Waals surface area (Å²) >= 11 is 0. The summed E-state index contributed by atoms with van der Waals surface area (Å²) in [5, 5.41) is 14.4. The molecule has 1 fully saturated rings. The van der Waals surface area contributed by atoms with Crippen LogP contribution in [0.2, 0.25) is 0 Å². The standard InChI is InChI=1S/C16H21N5O3/c1-3-24-15-10-23-9-14(15)17-16(22)13-6-4-12(5-7-13)8-21-11(2)18-19-20-21/h4-7,14-15H,3,8-10H2,1-2H3,(H,17,22)/t14-,15-/m1/s1. The lowest BCUT2D eigenvalue weighted by Gasteiger charge is -2.19. The minimum absolute atomic E-state index is 0.0824. The molecule has 1 saturated heterocycles. The van der Waals surface area contributed by atoms with E-state index < -0.39 is 0 Å². The van der Waals surface area contributed by atoms with Crippen LogP contribution < -0.4 is 5.32 Å². The maximum atomic E-state index is 12.4. The highest BCUT2D eigenvalue weighted by atomic mass is 16.5. The van der Waals surface area contributed by atoms with Gasteiger partial charge in [0.15, 0.2) is 0 Å². The van der Waals surface area contributed by atoms with Gasteiger partial charge in [-0.15, -0.1) is 5.10 Å². The number of hydrogen-bond donors (Lipinski definition) is 1. The molecular formula is C16H21N5O3. The van der Waals surface area contributed by atoms with Crippen LogP contribution in [0, 0.1) is 6.92 Å². The van der Waals surface area contributed by atoms with E-state index in [2.05, 4.69) is 20.8 Å². The van der Waals surface area contributed by atoms with Crippen LogP contribution in [0.15, 0.2) is 24.3 Å². The van der Waals surface area contributed by atoms with Gasteiger partial charge in [-0.2, -0.15) is 0 Å². The number of nitrogens with one attached hydrogen (secondary N) is 1. The van der Waals surface area contributed by atoms with E-state index in [9.17, 15) is 4.79 Å². The number of nitrogens with zero attached hydrogens (tertiary/aromatic N) is 4. The second-order valence-corrected chi connectivity index (χ2v) is 5.69. The molecule has 1 N–H and O–H groups in total. The number of carbonyl (C=O) groups is 1. The molecule has 24 heavy (non-hydrogen) atoms. The van der Waals surface area contributed by atoms with Crippen LogP contribution >= 0.6 is 0 Å². The van der Waals surface area contributed by atoms with E-state index >= 15 is 0 Å². The van der Waals surface area contributed by atoms with Crippen molar-refractivity contribution in [1.82, 2.24) is 25.5 Å². The van der Waals surface area contributed by atoms with Gasteiger partial charge in [-0.25, -0.2) is 4.68 Å². The third kappa shape index (κ3) is 3.77. The molecule has 8 heteroatoms. The first-order chi connectivity index (χ1) is 11.7. The smallest absolute Gasteiger partial charge is 0.251 e. The molecule has 0 bridgehead atoms. The molecule has 128 valence electrons. The third-order valence-electron chi connectivity index (χ3n) is 3.98. The van der Waals surface area contributed by atoms with Crippen LogP contribution in [0.3, 0.4) is 0 Å². The zero-order chi connectivity index (χ0) is 16.9. The maximum absolute atomic E-state index is 12.4. The van der Waals surface area contributed by atoms with Crippen LogP contribution in [-0.4, -0.2) is 58.1 Å². The van der Waals surface area contributed by atoms with Gasteiger partial charge in [0, 0.05) is 12.2 Å². The zero-order valence-electron chi connectivity index (χ0n) is 13.8. The van der Waals surface area contributed by atoms with Gasteiger partial charge in [0.1, 0.15) is 11.9 Å². The molecule has 1 amide bonds. The Morgan fingerprint density at radius 2 is 2.17 bits per heavy atom. The van der Waals surface area contributed by atoms with Crippen LogP contribution in [0.1, 0.15) is 28.7 Å². The van der Waals surface area contributed by atoms with Gasteiger partial charge in [-0.1, -0.05) is 12.1 Å². The number of amides is 1. The minimum Gasteiger partial charge on any atom is -0.376 e. The molecule has 2 aromatic rings. The van der Waals surface area contributed by atoms with Crippen LogP contribution in [-0.2, 0) is 16.0 Å². The van der Waals surface area contributed by atoms with Crippen molar-refractivity contribution in [2.45, 2.75) is 32.5 Å². The summed E-state index contributed by atoms with van der Waals surface area (Å²) in [6.45, 7) is 5.95. The minimum atomic E-state index is -0.125. The molecular weight excluding hydrogens is 310 g/mol. The van der Waals surface area contributed by atoms with Crippen molar-refractivity contribution < 1.29 is 14.3 Å². The summed E-state index contributed by atoms with van der Waals surface area (Å²) < 4.78 is 12.7. The Hall–Kier alpha value is -2.32. The van der Waals surface area contributed by atoms with Crippen molar-refractivity contribution in [3.05, 3.63) is 41.2 Å². The van der Waals surface area contributed by atoms with Gasteiger partial charge in [0.2, 0.25) is 0 Å². The van der Waals surface area contributed by atoms with Gasteiger partial charge in [0.05, 0.1) is 25.8 Å². The Bertz CT molecular complexity index is 685. The Morgan fingerprint density at radius 3 is 2.83 bits per heavy atom. The first-order valence-corrected chi connectivity index (χ1v) is 7.99. The molecule has 0 radical (unpaired) electrons. The molecule has 2 heterocycles. The lowest BCUT2D eigenvalue weighted by atomic mass is 10.1. The average Bonchev–Trinajstić information content (AvgIpc) is 3.18. The molecule has 1 aromatic heterocycles. The van der Waals surface area contributed by atoms with Crippen molar-refractivity contribution >= 4 is 5.91 Å². The summed E-state index contributed by atoms with van der Waals surface area (Å²) in [7, 11) is 0. The summed E-state index contributed by atoms with van der Waals surface area (Å²) in [5.41, 5.74) is 1.63. The second-order valence-electron chi connectivity index (χ2n) is 5.69. The fourth-order valence-electron chi connectivity index (χ4n) is 2.63. The maximum Gasteiger partial charge on any atom is 0.251 e.